The number of piperidine rings is 1. The highest BCUT2D eigenvalue weighted by Crippen LogP contribution is 2.27. The van der Waals surface area contributed by atoms with Gasteiger partial charge in [-0.15, -0.1) is 0 Å². The van der Waals surface area contributed by atoms with Gasteiger partial charge in [0.1, 0.15) is 0 Å². The van der Waals surface area contributed by atoms with Gasteiger partial charge in [0.15, 0.2) is 0 Å². The Morgan fingerprint density at radius 3 is 2.59 bits per heavy atom. The van der Waals surface area contributed by atoms with Crippen molar-refractivity contribution in [3.63, 3.8) is 0 Å². The SMILES string of the molecule is NC1CCC(C(=O)N2CCCC(CO)C2)CC1. The van der Waals surface area contributed by atoms with Crippen LogP contribution >= 0.6 is 0 Å². The van der Waals surface area contributed by atoms with Crippen LogP contribution in [0.5, 0.6) is 0 Å². The van der Waals surface area contributed by atoms with Crippen LogP contribution in [0.1, 0.15) is 38.5 Å². The molecule has 1 unspecified atom stereocenters. The third-order valence-corrected chi connectivity index (χ3v) is 4.21. The number of rotatable bonds is 2. The molecule has 0 radical (unpaired) electrons. The van der Waals surface area contributed by atoms with Crippen LogP contribution in [0, 0.1) is 11.8 Å². The van der Waals surface area contributed by atoms with E-state index in [1.54, 1.807) is 0 Å². The maximum atomic E-state index is 12.3. The summed E-state index contributed by atoms with van der Waals surface area (Å²) in [4.78, 5) is 14.3. The van der Waals surface area contributed by atoms with Crippen LogP contribution in [0.4, 0.5) is 0 Å². The molecule has 2 fully saturated rings. The molecular weight excluding hydrogens is 216 g/mol. The normalized spacial score (nSPS) is 34.7. The Morgan fingerprint density at radius 1 is 1.24 bits per heavy atom. The van der Waals surface area contributed by atoms with Crippen molar-refractivity contribution in [3.05, 3.63) is 0 Å². The molecule has 98 valence electrons. The van der Waals surface area contributed by atoms with E-state index in [1.165, 1.54) is 0 Å². The van der Waals surface area contributed by atoms with E-state index in [1.807, 2.05) is 4.90 Å². The zero-order chi connectivity index (χ0) is 12.3. The van der Waals surface area contributed by atoms with E-state index in [-0.39, 0.29) is 12.5 Å². The lowest BCUT2D eigenvalue weighted by molar-refractivity contribution is -0.138. The van der Waals surface area contributed by atoms with E-state index >= 15 is 0 Å². The minimum absolute atomic E-state index is 0.187. The predicted octanol–water partition coefficient (Wildman–Crippen LogP) is 0.735. The van der Waals surface area contributed by atoms with Crippen molar-refractivity contribution in [1.29, 1.82) is 0 Å². The van der Waals surface area contributed by atoms with Crippen LogP contribution in [0.2, 0.25) is 0 Å². The molecule has 2 aliphatic rings. The summed E-state index contributed by atoms with van der Waals surface area (Å²) in [6.45, 7) is 1.83. The molecular formula is C13H24N2O2. The van der Waals surface area contributed by atoms with Crippen LogP contribution in [0.25, 0.3) is 0 Å². The van der Waals surface area contributed by atoms with E-state index in [2.05, 4.69) is 0 Å². The number of amides is 1. The number of aliphatic hydroxyl groups excluding tert-OH is 1. The highest BCUT2D eigenvalue weighted by molar-refractivity contribution is 5.79. The Hall–Kier alpha value is -0.610. The first-order valence-corrected chi connectivity index (χ1v) is 6.86. The fourth-order valence-corrected chi connectivity index (χ4v) is 3.04. The molecule has 0 aromatic carbocycles. The third-order valence-electron chi connectivity index (χ3n) is 4.21. The lowest BCUT2D eigenvalue weighted by Crippen LogP contribution is -2.45. The van der Waals surface area contributed by atoms with Crippen molar-refractivity contribution in [2.75, 3.05) is 19.7 Å². The molecule has 1 saturated heterocycles. The third kappa shape index (κ3) is 3.19. The molecule has 0 bridgehead atoms. The van der Waals surface area contributed by atoms with Crippen LogP contribution in [0.15, 0.2) is 0 Å². The Morgan fingerprint density at radius 2 is 1.94 bits per heavy atom. The van der Waals surface area contributed by atoms with Gasteiger partial charge in [-0.3, -0.25) is 4.79 Å². The number of carbonyl (C=O) groups is 1. The molecule has 1 atom stereocenters. The lowest BCUT2D eigenvalue weighted by atomic mass is 9.85. The summed E-state index contributed by atoms with van der Waals surface area (Å²) < 4.78 is 0. The zero-order valence-corrected chi connectivity index (χ0v) is 10.5. The predicted molar refractivity (Wildman–Crippen MR) is 66.3 cm³/mol. The molecule has 2 rings (SSSR count). The van der Waals surface area contributed by atoms with Crippen LogP contribution in [0.3, 0.4) is 0 Å². The second-order valence-corrected chi connectivity index (χ2v) is 5.59. The first kappa shape index (κ1) is 12.8. The van der Waals surface area contributed by atoms with E-state index in [0.717, 1.165) is 51.6 Å². The molecule has 1 amide bonds. The van der Waals surface area contributed by atoms with Gasteiger partial charge in [0.25, 0.3) is 0 Å². The molecule has 1 aliphatic heterocycles. The van der Waals surface area contributed by atoms with Crippen molar-refractivity contribution in [2.24, 2.45) is 17.6 Å². The van der Waals surface area contributed by atoms with Gasteiger partial charge >= 0.3 is 0 Å². The molecule has 4 heteroatoms. The van der Waals surface area contributed by atoms with E-state index in [0.29, 0.717) is 17.9 Å². The summed E-state index contributed by atoms with van der Waals surface area (Å²) in [5.41, 5.74) is 5.86. The fourth-order valence-electron chi connectivity index (χ4n) is 3.04. The molecule has 1 heterocycles. The smallest absolute Gasteiger partial charge is 0.225 e. The number of carbonyl (C=O) groups excluding carboxylic acids is 1. The highest BCUT2D eigenvalue weighted by Gasteiger charge is 2.30. The topological polar surface area (TPSA) is 66.6 Å². The van der Waals surface area contributed by atoms with Gasteiger partial charge in [-0.05, 0) is 44.4 Å². The number of nitrogens with two attached hydrogens (primary N) is 1. The maximum Gasteiger partial charge on any atom is 0.225 e. The van der Waals surface area contributed by atoms with Gasteiger partial charge in [-0.25, -0.2) is 0 Å². The lowest BCUT2D eigenvalue weighted by Gasteiger charge is -2.36. The van der Waals surface area contributed by atoms with Gasteiger partial charge in [0, 0.05) is 31.7 Å². The molecule has 1 saturated carbocycles. The van der Waals surface area contributed by atoms with Crippen molar-refractivity contribution in [3.8, 4) is 0 Å². The summed E-state index contributed by atoms with van der Waals surface area (Å²) in [5, 5.41) is 9.18. The van der Waals surface area contributed by atoms with E-state index < -0.39 is 0 Å². The minimum atomic E-state index is 0.187. The fraction of sp³-hybridized carbons (Fsp3) is 0.923. The summed E-state index contributed by atoms with van der Waals surface area (Å²) in [7, 11) is 0. The number of likely N-dealkylation sites (tertiary alicyclic amines) is 1. The van der Waals surface area contributed by atoms with E-state index in [9.17, 15) is 9.90 Å². The number of hydrogen-bond donors (Lipinski definition) is 2. The summed E-state index contributed by atoms with van der Waals surface area (Å²) in [5.74, 6) is 0.779. The summed E-state index contributed by atoms with van der Waals surface area (Å²) in [6, 6.07) is 0.297. The largest absolute Gasteiger partial charge is 0.396 e. The second kappa shape index (κ2) is 5.83. The molecule has 3 N–H and O–H groups in total. The van der Waals surface area contributed by atoms with Crippen LogP contribution in [-0.4, -0.2) is 41.7 Å². The minimum Gasteiger partial charge on any atom is -0.396 e. The second-order valence-electron chi connectivity index (χ2n) is 5.59. The first-order valence-electron chi connectivity index (χ1n) is 6.86. The molecule has 0 spiro atoms. The maximum absolute atomic E-state index is 12.3. The molecule has 17 heavy (non-hydrogen) atoms. The van der Waals surface area contributed by atoms with Crippen molar-refractivity contribution >= 4 is 5.91 Å². The Bertz CT molecular complexity index is 262. The van der Waals surface area contributed by atoms with Crippen molar-refractivity contribution < 1.29 is 9.90 Å². The molecule has 0 aromatic heterocycles. The Balaban J connectivity index is 1.86. The molecule has 1 aliphatic carbocycles. The van der Waals surface area contributed by atoms with Gasteiger partial charge < -0.3 is 15.7 Å². The first-order chi connectivity index (χ1) is 8.20. The van der Waals surface area contributed by atoms with Gasteiger partial charge in [-0.2, -0.15) is 0 Å². The van der Waals surface area contributed by atoms with Gasteiger partial charge in [0.2, 0.25) is 5.91 Å². The quantitative estimate of drug-likeness (QED) is 0.748. The molecule has 4 nitrogen and oxygen atoms in total. The number of nitrogens with zero attached hydrogens (tertiary/aromatic N) is 1. The average molecular weight is 240 g/mol. The Kier molecular flexibility index (Phi) is 4.40. The van der Waals surface area contributed by atoms with Crippen LogP contribution < -0.4 is 5.73 Å². The van der Waals surface area contributed by atoms with Gasteiger partial charge in [0.05, 0.1) is 0 Å². The molecule has 0 aromatic rings. The standard InChI is InChI=1S/C13H24N2O2/c14-12-5-3-11(4-6-12)13(17)15-7-1-2-10(8-15)9-16/h10-12,16H,1-9,14H2. The highest BCUT2D eigenvalue weighted by atomic mass is 16.3. The number of aliphatic hydroxyl groups is 1. The van der Waals surface area contributed by atoms with Gasteiger partial charge in [-0.1, -0.05) is 0 Å². The van der Waals surface area contributed by atoms with Crippen molar-refractivity contribution in [1.82, 2.24) is 4.90 Å². The summed E-state index contributed by atoms with van der Waals surface area (Å²) >= 11 is 0. The van der Waals surface area contributed by atoms with Crippen LogP contribution in [-0.2, 0) is 4.79 Å². The summed E-state index contributed by atoms with van der Waals surface area (Å²) in [6.07, 6.45) is 5.93. The Labute approximate surface area is 103 Å². The van der Waals surface area contributed by atoms with Crippen molar-refractivity contribution in [2.45, 2.75) is 44.6 Å². The van der Waals surface area contributed by atoms with E-state index in [4.69, 9.17) is 5.73 Å². The monoisotopic (exact) mass is 240 g/mol. The zero-order valence-electron chi connectivity index (χ0n) is 10.5. The average Bonchev–Trinajstić information content (AvgIpc) is 2.39. The number of hydrogen-bond acceptors (Lipinski definition) is 3.